The van der Waals surface area contributed by atoms with Crippen molar-refractivity contribution in [2.24, 2.45) is 0 Å². The van der Waals surface area contributed by atoms with E-state index in [1.165, 1.54) is 17.8 Å². The number of hydrogen-bond donors (Lipinski definition) is 0. The molecule has 0 aliphatic heterocycles. The van der Waals surface area contributed by atoms with Crippen LogP contribution in [-0.2, 0) is 11.2 Å². The molecule has 0 N–H and O–H groups in total. The summed E-state index contributed by atoms with van der Waals surface area (Å²) in [6, 6.07) is 6.64. The zero-order valence-electron chi connectivity index (χ0n) is 11.5. The van der Waals surface area contributed by atoms with Gasteiger partial charge in [-0.15, -0.1) is 10.2 Å². The van der Waals surface area contributed by atoms with E-state index in [2.05, 4.69) is 10.2 Å². The third kappa shape index (κ3) is 3.36. The lowest BCUT2D eigenvalue weighted by Crippen LogP contribution is -2.11. The average Bonchev–Trinajstić information content (AvgIpc) is 2.85. The van der Waals surface area contributed by atoms with Gasteiger partial charge in [-0.2, -0.15) is 0 Å². The summed E-state index contributed by atoms with van der Waals surface area (Å²) in [5.74, 6) is 0.978. The Hall–Kier alpha value is -1.89. The highest BCUT2D eigenvalue weighted by Gasteiger charge is 2.22. The number of nitro benzene ring substituents is 1. The van der Waals surface area contributed by atoms with Crippen molar-refractivity contribution in [2.75, 3.05) is 0 Å². The second kappa shape index (κ2) is 5.62. The zero-order valence-corrected chi connectivity index (χ0v) is 12.3. The van der Waals surface area contributed by atoms with E-state index in [0.717, 1.165) is 0 Å². The molecule has 2 rings (SSSR count). The van der Waals surface area contributed by atoms with E-state index in [4.69, 9.17) is 4.42 Å². The molecule has 0 aliphatic carbocycles. The molecule has 0 radical (unpaired) electrons. The SMILES string of the molecule is CC(C)(C)c1nnc(SCc2ccccc2[N+](=O)[O-])o1. The number of benzene rings is 1. The van der Waals surface area contributed by atoms with Gasteiger partial charge in [0.25, 0.3) is 10.9 Å². The van der Waals surface area contributed by atoms with Crippen LogP contribution < -0.4 is 0 Å². The predicted octanol–water partition coefficient (Wildman–Crippen LogP) is 3.57. The van der Waals surface area contributed by atoms with Crippen molar-refractivity contribution in [2.45, 2.75) is 37.2 Å². The van der Waals surface area contributed by atoms with Crippen LogP contribution in [0.15, 0.2) is 33.9 Å². The molecule has 1 heterocycles. The fourth-order valence-corrected chi connectivity index (χ4v) is 2.28. The molecule has 0 fully saturated rings. The number of hydrogen-bond acceptors (Lipinski definition) is 6. The van der Waals surface area contributed by atoms with Crippen molar-refractivity contribution >= 4 is 17.4 Å². The van der Waals surface area contributed by atoms with Crippen molar-refractivity contribution in [1.82, 2.24) is 10.2 Å². The van der Waals surface area contributed by atoms with Gasteiger partial charge in [0.2, 0.25) is 5.89 Å². The van der Waals surface area contributed by atoms with Crippen molar-refractivity contribution < 1.29 is 9.34 Å². The van der Waals surface area contributed by atoms with Crippen LogP contribution in [0.1, 0.15) is 32.2 Å². The summed E-state index contributed by atoms with van der Waals surface area (Å²) in [5, 5.41) is 19.3. The van der Waals surface area contributed by atoms with E-state index in [-0.39, 0.29) is 16.0 Å². The van der Waals surface area contributed by atoms with Gasteiger partial charge in [-0.25, -0.2) is 0 Å². The van der Waals surface area contributed by atoms with Gasteiger partial charge in [0.1, 0.15) is 0 Å². The van der Waals surface area contributed by atoms with Gasteiger partial charge in [-0.1, -0.05) is 50.7 Å². The molecule has 0 amide bonds. The van der Waals surface area contributed by atoms with Crippen molar-refractivity contribution in [3.05, 3.63) is 45.8 Å². The van der Waals surface area contributed by atoms with Gasteiger partial charge < -0.3 is 4.42 Å². The number of aromatic nitrogens is 2. The van der Waals surface area contributed by atoms with E-state index in [9.17, 15) is 10.1 Å². The molecule has 7 heteroatoms. The quantitative estimate of drug-likeness (QED) is 0.487. The van der Waals surface area contributed by atoms with Crippen LogP contribution in [-0.4, -0.2) is 15.1 Å². The molecule has 0 saturated carbocycles. The minimum Gasteiger partial charge on any atom is -0.415 e. The van der Waals surface area contributed by atoms with E-state index < -0.39 is 0 Å². The second-order valence-electron chi connectivity index (χ2n) is 5.30. The summed E-state index contributed by atoms with van der Waals surface area (Å²) in [7, 11) is 0. The van der Waals surface area contributed by atoms with E-state index in [1.807, 2.05) is 20.8 Å². The maximum absolute atomic E-state index is 10.9. The third-order valence-electron chi connectivity index (χ3n) is 2.59. The lowest BCUT2D eigenvalue weighted by Gasteiger charge is -2.10. The molecule has 0 spiro atoms. The minimum absolute atomic E-state index is 0.107. The number of nitro groups is 1. The Labute approximate surface area is 120 Å². The first-order valence-corrected chi connectivity index (χ1v) is 7.05. The van der Waals surface area contributed by atoms with Crippen LogP contribution in [0.4, 0.5) is 5.69 Å². The van der Waals surface area contributed by atoms with E-state index >= 15 is 0 Å². The molecule has 20 heavy (non-hydrogen) atoms. The first-order valence-electron chi connectivity index (χ1n) is 6.07. The van der Waals surface area contributed by atoms with Crippen LogP contribution >= 0.6 is 11.8 Å². The number of rotatable bonds is 4. The standard InChI is InChI=1S/C13H15N3O3S/c1-13(2,3)11-14-15-12(19-11)20-8-9-6-4-5-7-10(9)16(17)18/h4-7H,8H2,1-3H3. The normalized spacial score (nSPS) is 11.6. The topological polar surface area (TPSA) is 82.1 Å². The molecular weight excluding hydrogens is 278 g/mol. The molecule has 1 aromatic heterocycles. The smallest absolute Gasteiger partial charge is 0.276 e. The van der Waals surface area contributed by atoms with Crippen LogP contribution in [0, 0.1) is 10.1 Å². The largest absolute Gasteiger partial charge is 0.415 e. The molecule has 106 valence electrons. The minimum atomic E-state index is -0.385. The van der Waals surface area contributed by atoms with Crippen LogP contribution in [0.25, 0.3) is 0 Å². The predicted molar refractivity (Wildman–Crippen MR) is 75.7 cm³/mol. The van der Waals surface area contributed by atoms with Gasteiger partial charge in [0.05, 0.1) is 4.92 Å². The molecule has 0 aliphatic rings. The van der Waals surface area contributed by atoms with Crippen molar-refractivity contribution in [3.8, 4) is 0 Å². The fourth-order valence-electron chi connectivity index (χ4n) is 1.52. The van der Waals surface area contributed by atoms with Crippen molar-refractivity contribution in [1.29, 1.82) is 0 Å². The Morgan fingerprint density at radius 3 is 2.60 bits per heavy atom. The van der Waals surface area contributed by atoms with Gasteiger partial charge in [-0.05, 0) is 0 Å². The molecule has 0 bridgehead atoms. The Morgan fingerprint density at radius 1 is 1.30 bits per heavy atom. The summed E-state index contributed by atoms with van der Waals surface area (Å²) in [5.41, 5.74) is 0.540. The van der Waals surface area contributed by atoms with Gasteiger partial charge in [-0.3, -0.25) is 10.1 Å². The first kappa shape index (κ1) is 14.5. The number of thioether (sulfide) groups is 1. The molecule has 1 aromatic carbocycles. The number of para-hydroxylation sites is 1. The highest BCUT2D eigenvalue weighted by atomic mass is 32.2. The van der Waals surface area contributed by atoms with E-state index in [0.29, 0.717) is 22.4 Å². The number of nitrogens with zero attached hydrogens (tertiary/aromatic N) is 3. The second-order valence-corrected chi connectivity index (χ2v) is 6.22. The molecule has 0 atom stereocenters. The zero-order chi connectivity index (χ0) is 14.8. The van der Waals surface area contributed by atoms with E-state index in [1.54, 1.807) is 18.2 Å². The summed E-state index contributed by atoms with van der Waals surface area (Å²) in [6.07, 6.45) is 0. The fraction of sp³-hybridized carbons (Fsp3) is 0.385. The summed E-state index contributed by atoms with van der Waals surface area (Å²) < 4.78 is 5.54. The monoisotopic (exact) mass is 293 g/mol. The Balaban J connectivity index is 2.10. The molecule has 0 unspecified atom stereocenters. The third-order valence-corrected chi connectivity index (χ3v) is 3.45. The molecular formula is C13H15N3O3S. The Bertz CT molecular complexity index is 619. The molecule has 2 aromatic rings. The maximum atomic E-state index is 10.9. The summed E-state index contributed by atoms with van der Waals surface area (Å²) >= 11 is 1.30. The highest BCUT2D eigenvalue weighted by molar-refractivity contribution is 7.98. The van der Waals surface area contributed by atoms with Gasteiger partial charge >= 0.3 is 0 Å². The Kier molecular flexibility index (Phi) is 4.08. The van der Waals surface area contributed by atoms with Crippen LogP contribution in [0.5, 0.6) is 0 Å². The Morgan fingerprint density at radius 2 is 2.00 bits per heavy atom. The van der Waals surface area contributed by atoms with Crippen LogP contribution in [0.2, 0.25) is 0 Å². The highest BCUT2D eigenvalue weighted by Crippen LogP contribution is 2.29. The first-order chi connectivity index (χ1) is 9.38. The summed E-state index contributed by atoms with van der Waals surface area (Å²) in [6.45, 7) is 5.95. The maximum Gasteiger partial charge on any atom is 0.276 e. The van der Waals surface area contributed by atoms with Gasteiger partial charge in [0, 0.05) is 22.8 Å². The van der Waals surface area contributed by atoms with Gasteiger partial charge in [0.15, 0.2) is 0 Å². The van der Waals surface area contributed by atoms with Crippen LogP contribution in [0.3, 0.4) is 0 Å². The lowest BCUT2D eigenvalue weighted by atomic mass is 9.97. The lowest BCUT2D eigenvalue weighted by molar-refractivity contribution is -0.385. The summed E-state index contributed by atoms with van der Waals surface area (Å²) in [4.78, 5) is 10.5. The molecule has 0 saturated heterocycles. The van der Waals surface area contributed by atoms with Crippen molar-refractivity contribution in [3.63, 3.8) is 0 Å². The molecule has 6 nitrogen and oxygen atoms in total. The average molecular weight is 293 g/mol.